The fraction of sp³-hybridized carbons (Fsp3) is 0.438. The molecule has 1 amide bonds. The number of benzene rings is 2. The van der Waals surface area contributed by atoms with Gasteiger partial charge in [-0.25, -0.2) is 9.97 Å². The van der Waals surface area contributed by atoms with Crippen molar-refractivity contribution in [3.63, 3.8) is 0 Å². The van der Waals surface area contributed by atoms with Crippen molar-refractivity contribution in [1.82, 2.24) is 30.0 Å². The first kappa shape index (κ1) is 31.0. The highest BCUT2D eigenvalue weighted by Gasteiger charge is 2.21. The van der Waals surface area contributed by atoms with E-state index in [4.69, 9.17) is 34.0 Å². The third-order valence-corrected chi connectivity index (χ3v) is 7.61. The summed E-state index contributed by atoms with van der Waals surface area (Å²) < 4.78 is 23.9. The van der Waals surface area contributed by atoms with E-state index >= 15 is 0 Å². The average Bonchev–Trinajstić information content (AvgIpc) is 3.37. The molecule has 2 aromatic carbocycles. The van der Waals surface area contributed by atoms with Crippen LogP contribution in [0, 0.1) is 0 Å². The van der Waals surface area contributed by atoms with Crippen molar-refractivity contribution >= 4 is 28.4 Å². The summed E-state index contributed by atoms with van der Waals surface area (Å²) in [6, 6.07) is 11.0. The van der Waals surface area contributed by atoms with Crippen molar-refractivity contribution < 1.29 is 23.7 Å². The second kappa shape index (κ2) is 14.4. The molecule has 3 heterocycles. The quantitative estimate of drug-likeness (QED) is 0.215. The van der Waals surface area contributed by atoms with E-state index in [9.17, 15) is 4.79 Å². The molecule has 0 unspecified atom stereocenters. The SMILES string of the molecule is CCCc1nn(C)c2c(Nc3ccc(C(=O)NCCCN4CCOCC4)cc3)nc(-c3cc(OC)c(OC)c(OC)c3)nc12. The Morgan fingerprint density at radius 3 is 2.34 bits per heavy atom. The van der Waals surface area contributed by atoms with Crippen LogP contribution >= 0.6 is 0 Å². The molecule has 1 aliphatic heterocycles. The zero-order valence-corrected chi connectivity index (χ0v) is 26.1. The number of carbonyl (C=O) groups is 1. The topological polar surface area (TPSA) is 125 Å². The fourth-order valence-corrected chi connectivity index (χ4v) is 5.35. The molecule has 0 radical (unpaired) electrons. The Bertz CT molecular complexity index is 1560. The maximum absolute atomic E-state index is 12.8. The number of anilines is 2. The monoisotopic (exact) mass is 603 g/mol. The lowest BCUT2D eigenvalue weighted by atomic mass is 10.1. The van der Waals surface area contributed by atoms with Crippen LogP contribution < -0.4 is 24.8 Å². The number of aromatic nitrogens is 4. The van der Waals surface area contributed by atoms with E-state index in [-0.39, 0.29) is 5.91 Å². The zero-order chi connectivity index (χ0) is 31.1. The Labute approximate surface area is 257 Å². The van der Waals surface area contributed by atoms with Gasteiger partial charge >= 0.3 is 0 Å². The number of amides is 1. The van der Waals surface area contributed by atoms with Crippen LogP contribution in [0.5, 0.6) is 17.2 Å². The highest BCUT2D eigenvalue weighted by molar-refractivity contribution is 5.95. The van der Waals surface area contributed by atoms with Gasteiger partial charge in [0.2, 0.25) is 5.75 Å². The van der Waals surface area contributed by atoms with E-state index in [1.807, 2.05) is 43.4 Å². The molecular formula is C32H41N7O5. The van der Waals surface area contributed by atoms with Gasteiger partial charge in [-0.2, -0.15) is 5.10 Å². The van der Waals surface area contributed by atoms with Gasteiger partial charge in [0.25, 0.3) is 5.91 Å². The number of nitrogens with zero attached hydrogens (tertiary/aromatic N) is 5. The smallest absolute Gasteiger partial charge is 0.251 e. The summed E-state index contributed by atoms with van der Waals surface area (Å²) in [4.78, 5) is 25.0. The Morgan fingerprint density at radius 2 is 1.70 bits per heavy atom. The normalized spacial score (nSPS) is 13.6. The Balaban J connectivity index is 1.39. The van der Waals surface area contributed by atoms with Crippen LogP contribution in [0.2, 0.25) is 0 Å². The number of fused-ring (bicyclic) bond motifs is 1. The van der Waals surface area contributed by atoms with Gasteiger partial charge < -0.3 is 29.6 Å². The van der Waals surface area contributed by atoms with Crippen molar-refractivity contribution in [3.8, 4) is 28.6 Å². The van der Waals surface area contributed by atoms with E-state index in [0.717, 1.165) is 74.5 Å². The minimum Gasteiger partial charge on any atom is -0.493 e. The predicted molar refractivity (Wildman–Crippen MR) is 169 cm³/mol. The number of aryl methyl sites for hydroxylation is 2. The molecule has 234 valence electrons. The molecule has 0 spiro atoms. The van der Waals surface area contributed by atoms with Crippen LogP contribution in [0.15, 0.2) is 36.4 Å². The molecule has 2 aromatic heterocycles. The van der Waals surface area contributed by atoms with Gasteiger partial charge in [-0.1, -0.05) is 13.3 Å². The summed E-state index contributed by atoms with van der Waals surface area (Å²) in [5.74, 6) is 2.50. The number of rotatable bonds is 13. The highest BCUT2D eigenvalue weighted by atomic mass is 16.5. The molecule has 0 saturated carbocycles. The third-order valence-electron chi connectivity index (χ3n) is 7.61. The molecule has 1 fully saturated rings. The molecular weight excluding hydrogens is 562 g/mol. The maximum Gasteiger partial charge on any atom is 0.251 e. The molecule has 0 atom stereocenters. The molecule has 0 aliphatic carbocycles. The molecule has 5 rings (SSSR count). The van der Waals surface area contributed by atoms with Crippen LogP contribution in [0.4, 0.5) is 11.5 Å². The van der Waals surface area contributed by atoms with Gasteiger partial charge in [0.05, 0.1) is 40.2 Å². The van der Waals surface area contributed by atoms with Gasteiger partial charge in [0.15, 0.2) is 23.1 Å². The fourth-order valence-electron chi connectivity index (χ4n) is 5.35. The standard InChI is InChI=1S/C32H41N7O5/c1-6-8-24-27-28(38(2)37-24)31(36-30(35-27)22-19-25(41-3)29(43-5)26(20-22)42-4)34-23-11-9-21(10-12-23)32(40)33-13-7-14-39-15-17-44-18-16-39/h9-12,19-20H,6-8,13-18H2,1-5H3,(H,33,40)(H,34,35,36). The van der Waals surface area contributed by atoms with Gasteiger partial charge in [0, 0.05) is 43.5 Å². The second-order valence-corrected chi connectivity index (χ2v) is 10.6. The van der Waals surface area contributed by atoms with Crippen LogP contribution in [0.3, 0.4) is 0 Å². The van der Waals surface area contributed by atoms with Crippen molar-refractivity contribution in [2.24, 2.45) is 7.05 Å². The van der Waals surface area contributed by atoms with Gasteiger partial charge in [-0.3, -0.25) is 14.4 Å². The number of hydrogen-bond acceptors (Lipinski definition) is 10. The van der Waals surface area contributed by atoms with Crippen molar-refractivity contribution in [1.29, 1.82) is 0 Å². The predicted octanol–water partition coefficient (Wildman–Crippen LogP) is 4.20. The first-order valence-corrected chi connectivity index (χ1v) is 14.9. The number of nitrogens with one attached hydrogen (secondary N) is 2. The molecule has 4 aromatic rings. The molecule has 12 nitrogen and oxygen atoms in total. The summed E-state index contributed by atoms with van der Waals surface area (Å²) in [7, 11) is 6.61. The van der Waals surface area contributed by atoms with Crippen LogP contribution in [0.1, 0.15) is 35.8 Å². The number of methoxy groups -OCH3 is 3. The second-order valence-electron chi connectivity index (χ2n) is 10.6. The minimum atomic E-state index is -0.0940. The largest absolute Gasteiger partial charge is 0.493 e. The third kappa shape index (κ3) is 6.87. The minimum absolute atomic E-state index is 0.0940. The first-order valence-electron chi connectivity index (χ1n) is 14.9. The van der Waals surface area contributed by atoms with Crippen LogP contribution in [0.25, 0.3) is 22.4 Å². The zero-order valence-electron chi connectivity index (χ0n) is 26.1. The number of carbonyl (C=O) groups excluding carboxylic acids is 1. The summed E-state index contributed by atoms with van der Waals surface area (Å²) in [6.07, 6.45) is 2.60. The lowest BCUT2D eigenvalue weighted by molar-refractivity contribution is 0.0374. The van der Waals surface area contributed by atoms with E-state index < -0.39 is 0 Å². The highest BCUT2D eigenvalue weighted by Crippen LogP contribution is 2.41. The lowest BCUT2D eigenvalue weighted by Gasteiger charge is -2.26. The Morgan fingerprint density at radius 1 is 1.00 bits per heavy atom. The van der Waals surface area contributed by atoms with Crippen molar-refractivity contribution in [2.75, 3.05) is 66.0 Å². The summed E-state index contributed by atoms with van der Waals surface area (Å²) in [5.41, 5.74) is 4.53. The van der Waals surface area contributed by atoms with Crippen molar-refractivity contribution in [3.05, 3.63) is 47.7 Å². The van der Waals surface area contributed by atoms with Gasteiger partial charge in [-0.15, -0.1) is 0 Å². The number of ether oxygens (including phenoxy) is 4. The van der Waals surface area contributed by atoms with E-state index in [1.54, 1.807) is 26.0 Å². The molecule has 1 saturated heterocycles. The van der Waals surface area contributed by atoms with Gasteiger partial charge in [-0.05, 0) is 55.8 Å². The summed E-state index contributed by atoms with van der Waals surface area (Å²) in [6.45, 7) is 7.14. The summed E-state index contributed by atoms with van der Waals surface area (Å²) >= 11 is 0. The van der Waals surface area contributed by atoms with Crippen LogP contribution in [-0.2, 0) is 18.2 Å². The van der Waals surface area contributed by atoms with E-state index in [1.165, 1.54) is 0 Å². The van der Waals surface area contributed by atoms with E-state index in [0.29, 0.717) is 46.6 Å². The van der Waals surface area contributed by atoms with Crippen LogP contribution in [-0.4, -0.2) is 91.3 Å². The average molecular weight is 604 g/mol. The lowest BCUT2D eigenvalue weighted by Crippen LogP contribution is -2.38. The first-order chi connectivity index (χ1) is 21.4. The summed E-state index contributed by atoms with van der Waals surface area (Å²) in [5, 5.41) is 11.2. The molecule has 44 heavy (non-hydrogen) atoms. The molecule has 0 bridgehead atoms. The van der Waals surface area contributed by atoms with Crippen molar-refractivity contribution in [2.45, 2.75) is 26.2 Å². The van der Waals surface area contributed by atoms with Gasteiger partial charge in [0.1, 0.15) is 11.0 Å². The van der Waals surface area contributed by atoms with E-state index in [2.05, 4.69) is 22.5 Å². The maximum atomic E-state index is 12.8. The Hall–Kier alpha value is -4.42. The Kier molecular flexibility index (Phi) is 10.1. The number of hydrogen-bond donors (Lipinski definition) is 2. The number of morpholine rings is 1. The molecule has 2 N–H and O–H groups in total. The molecule has 1 aliphatic rings. The molecule has 12 heteroatoms.